The SMILES string of the molecule is CCOc1cncc(C(O)c2ccc(I)c(Cl)c2)c1. The van der Waals surface area contributed by atoms with E-state index < -0.39 is 6.10 Å². The quantitative estimate of drug-likeness (QED) is 0.809. The predicted octanol–water partition coefficient (Wildman–Crippen LogP) is 3.82. The number of pyridine rings is 1. The summed E-state index contributed by atoms with van der Waals surface area (Å²) in [5.41, 5.74) is 1.42. The maximum absolute atomic E-state index is 10.3. The molecule has 0 radical (unpaired) electrons. The van der Waals surface area contributed by atoms with E-state index in [4.69, 9.17) is 16.3 Å². The van der Waals surface area contributed by atoms with Crippen molar-refractivity contribution < 1.29 is 9.84 Å². The Balaban J connectivity index is 2.29. The van der Waals surface area contributed by atoms with Crippen LogP contribution in [0, 0.1) is 3.57 Å². The van der Waals surface area contributed by atoms with Crippen LogP contribution in [0.2, 0.25) is 5.02 Å². The van der Waals surface area contributed by atoms with Crippen molar-refractivity contribution in [2.75, 3.05) is 6.61 Å². The number of aromatic nitrogens is 1. The molecule has 0 spiro atoms. The number of ether oxygens (including phenoxy) is 1. The summed E-state index contributed by atoms with van der Waals surface area (Å²) in [5.74, 6) is 0.649. The molecule has 1 N–H and O–H groups in total. The second kappa shape index (κ2) is 6.54. The molecular weight excluding hydrogens is 377 g/mol. The lowest BCUT2D eigenvalue weighted by atomic mass is 10.0. The summed E-state index contributed by atoms with van der Waals surface area (Å²) in [6, 6.07) is 7.28. The van der Waals surface area contributed by atoms with Crippen LogP contribution in [0.4, 0.5) is 0 Å². The molecule has 0 amide bonds. The van der Waals surface area contributed by atoms with Crippen molar-refractivity contribution in [2.45, 2.75) is 13.0 Å². The number of rotatable bonds is 4. The van der Waals surface area contributed by atoms with Crippen LogP contribution in [0.15, 0.2) is 36.7 Å². The van der Waals surface area contributed by atoms with Gasteiger partial charge >= 0.3 is 0 Å². The van der Waals surface area contributed by atoms with Crippen molar-refractivity contribution >= 4 is 34.2 Å². The molecular formula is C14H13ClINO2. The lowest BCUT2D eigenvalue weighted by Crippen LogP contribution is -2.02. The molecule has 0 fully saturated rings. The third-order valence-corrected chi connectivity index (χ3v) is 4.19. The Morgan fingerprint density at radius 1 is 1.32 bits per heavy atom. The van der Waals surface area contributed by atoms with E-state index in [2.05, 4.69) is 27.6 Å². The van der Waals surface area contributed by atoms with Gasteiger partial charge in [-0.05, 0) is 53.3 Å². The largest absolute Gasteiger partial charge is 0.492 e. The average molecular weight is 390 g/mol. The molecule has 0 aliphatic heterocycles. The number of hydrogen-bond acceptors (Lipinski definition) is 3. The first-order chi connectivity index (χ1) is 9.11. The van der Waals surface area contributed by atoms with Crippen LogP contribution in [0.25, 0.3) is 0 Å². The molecule has 0 saturated carbocycles. The fraction of sp³-hybridized carbons (Fsp3) is 0.214. The fourth-order valence-electron chi connectivity index (χ4n) is 1.71. The lowest BCUT2D eigenvalue weighted by molar-refractivity contribution is 0.219. The Hall–Kier alpha value is -0.850. The van der Waals surface area contributed by atoms with E-state index in [1.165, 1.54) is 0 Å². The van der Waals surface area contributed by atoms with Crippen LogP contribution in [0.3, 0.4) is 0 Å². The maximum atomic E-state index is 10.3. The molecule has 0 aliphatic rings. The summed E-state index contributed by atoms with van der Waals surface area (Å²) in [6.45, 7) is 2.47. The molecule has 0 bridgehead atoms. The molecule has 0 aliphatic carbocycles. The normalized spacial score (nSPS) is 12.2. The minimum absolute atomic E-state index is 0.566. The molecule has 1 aromatic carbocycles. The van der Waals surface area contributed by atoms with Gasteiger partial charge in [-0.3, -0.25) is 4.98 Å². The third kappa shape index (κ3) is 3.58. The molecule has 1 unspecified atom stereocenters. The summed E-state index contributed by atoms with van der Waals surface area (Å²) in [5, 5.41) is 11.0. The van der Waals surface area contributed by atoms with Crippen molar-refractivity contribution in [2.24, 2.45) is 0 Å². The van der Waals surface area contributed by atoms with Gasteiger partial charge in [0.15, 0.2) is 0 Å². The second-order valence-electron chi connectivity index (χ2n) is 3.96. The monoisotopic (exact) mass is 389 g/mol. The zero-order valence-electron chi connectivity index (χ0n) is 10.3. The van der Waals surface area contributed by atoms with Crippen LogP contribution < -0.4 is 4.74 Å². The topological polar surface area (TPSA) is 42.4 Å². The Bertz CT molecular complexity index is 577. The van der Waals surface area contributed by atoms with E-state index in [0.29, 0.717) is 22.9 Å². The number of aliphatic hydroxyl groups is 1. The molecule has 1 aromatic heterocycles. The zero-order valence-corrected chi connectivity index (χ0v) is 13.2. The van der Waals surface area contributed by atoms with Gasteiger partial charge in [-0.15, -0.1) is 0 Å². The first kappa shape index (κ1) is 14.6. The summed E-state index contributed by atoms with van der Waals surface area (Å²) in [4.78, 5) is 4.07. The number of halogens is 2. The van der Waals surface area contributed by atoms with E-state index in [0.717, 1.165) is 9.13 Å². The fourth-order valence-corrected chi connectivity index (χ4v) is 2.23. The van der Waals surface area contributed by atoms with Gasteiger partial charge in [-0.2, -0.15) is 0 Å². The van der Waals surface area contributed by atoms with Gasteiger partial charge in [0.05, 0.1) is 17.8 Å². The van der Waals surface area contributed by atoms with E-state index in [1.54, 1.807) is 24.5 Å². The second-order valence-corrected chi connectivity index (χ2v) is 5.53. The van der Waals surface area contributed by atoms with Crippen molar-refractivity contribution in [3.05, 3.63) is 56.4 Å². The highest BCUT2D eigenvalue weighted by Gasteiger charge is 2.13. The number of hydrogen-bond donors (Lipinski definition) is 1. The molecule has 2 rings (SSSR count). The first-order valence-corrected chi connectivity index (χ1v) is 7.28. The summed E-state index contributed by atoms with van der Waals surface area (Å²) in [7, 11) is 0. The van der Waals surface area contributed by atoms with Crippen LogP contribution in [-0.2, 0) is 0 Å². The molecule has 100 valence electrons. The Kier molecular flexibility index (Phi) is 5.01. The van der Waals surface area contributed by atoms with Gasteiger partial charge in [0, 0.05) is 15.3 Å². The Labute approximate surface area is 130 Å². The first-order valence-electron chi connectivity index (χ1n) is 5.82. The van der Waals surface area contributed by atoms with Crippen molar-refractivity contribution in [3.63, 3.8) is 0 Å². The third-order valence-electron chi connectivity index (χ3n) is 2.62. The smallest absolute Gasteiger partial charge is 0.137 e. The number of aliphatic hydroxyl groups excluding tert-OH is 1. The van der Waals surface area contributed by atoms with Gasteiger partial charge < -0.3 is 9.84 Å². The highest BCUT2D eigenvalue weighted by atomic mass is 127. The predicted molar refractivity (Wildman–Crippen MR) is 83.6 cm³/mol. The maximum Gasteiger partial charge on any atom is 0.137 e. The molecule has 2 aromatic rings. The summed E-state index contributed by atoms with van der Waals surface area (Å²) >= 11 is 8.22. The molecule has 19 heavy (non-hydrogen) atoms. The summed E-state index contributed by atoms with van der Waals surface area (Å²) < 4.78 is 6.33. The highest BCUT2D eigenvalue weighted by Crippen LogP contribution is 2.28. The number of nitrogens with zero attached hydrogens (tertiary/aromatic N) is 1. The van der Waals surface area contributed by atoms with Gasteiger partial charge in [-0.25, -0.2) is 0 Å². The molecule has 0 saturated heterocycles. The molecule has 3 nitrogen and oxygen atoms in total. The zero-order chi connectivity index (χ0) is 13.8. The van der Waals surface area contributed by atoms with E-state index in [-0.39, 0.29) is 0 Å². The standard InChI is InChI=1S/C14H13ClINO2/c1-2-19-11-5-10(7-17-8-11)14(18)9-3-4-13(16)12(15)6-9/h3-8,14,18H,2H2,1H3. The van der Waals surface area contributed by atoms with Gasteiger partial charge in [0.25, 0.3) is 0 Å². The Morgan fingerprint density at radius 3 is 2.79 bits per heavy atom. The van der Waals surface area contributed by atoms with Crippen LogP contribution in [0.5, 0.6) is 5.75 Å². The number of benzene rings is 1. The van der Waals surface area contributed by atoms with Crippen LogP contribution in [-0.4, -0.2) is 16.7 Å². The average Bonchev–Trinajstić information content (AvgIpc) is 2.42. The minimum atomic E-state index is -0.762. The Morgan fingerprint density at radius 2 is 2.11 bits per heavy atom. The summed E-state index contributed by atoms with van der Waals surface area (Å²) in [6.07, 6.45) is 2.49. The van der Waals surface area contributed by atoms with Crippen molar-refractivity contribution in [3.8, 4) is 5.75 Å². The van der Waals surface area contributed by atoms with Crippen LogP contribution >= 0.6 is 34.2 Å². The molecule has 1 atom stereocenters. The van der Waals surface area contributed by atoms with Crippen molar-refractivity contribution in [1.82, 2.24) is 4.98 Å². The van der Waals surface area contributed by atoms with Gasteiger partial charge in [0.1, 0.15) is 11.9 Å². The van der Waals surface area contributed by atoms with Gasteiger partial charge in [0.2, 0.25) is 0 Å². The van der Waals surface area contributed by atoms with Gasteiger partial charge in [-0.1, -0.05) is 17.7 Å². The van der Waals surface area contributed by atoms with E-state index in [1.807, 2.05) is 19.1 Å². The molecule has 1 heterocycles. The van der Waals surface area contributed by atoms with Crippen molar-refractivity contribution in [1.29, 1.82) is 0 Å². The van der Waals surface area contributed by atoms with E-state index >= 15 is 0 Å². The van der Waals surface area contributed by atoms with E-state index in [9.17, 15) is 5.11 Å². The highest BCUT2D eigenvalue weighted by molar-refractivity contribution is 14.1. The van der Waals surface area contributed by atoms with Crippen LogP contribution in [0.1, 0.15) is 24.2 Å². The minimum Gasteiger partial charge on any atom is -0.492 e. The lowest BCUT2D eigenvalue weighted by Gasteiger charge is -2.13. The molecule has 5 heteroatoms.